The fourth-order valence-corrected chi connectivity index (χ4v) is 4.89. The third-order valence-electron chi connectivity index (χ3n) is 6.34. The van der Waals surface area contributed by atoms with Crippen LogP contribution in [0, 0.1) is 17.1 Å². The fourth-order valence-electron chi connectivity index (χ4n) is 4.61. The van der Waals surface area contributed by atoms with Crippen LogP contribution in [-0.4, -0.2) is 51.4 Å². The van der Waals surface area contributed by atoms with E-state index in [0.29, 0.717) is 29.7 Å². The molecule has 0 atom stereocenters. The Bertz CT molecular complexity index is 1550. The summed E-state index contributed by atoms with van der Waals surface area (Å²) >= 11 is 6.43. The number of carbonyl (C=O) groups excluding carboxylic acids is 1. The summed E-state index contributed by atoms with van der Waals surface area (Å²) < 4.78 is 25.3. The van der Waals surface area contributed by atoms with Gasteiger partial charge in [-0.15, -0.1) is 0 Å². The van der Waals surface area contributed by atoms with E-state index < -0.39 is 17.5 Å². The standard InChI is InChI=1S/C24H20ClFN8O3/c1-36-21-18(25)13(6-9-29-21)19-17-16(12-27)30-23(31-20(17)33-32-19)34-10-7-24(8-11-34,37-22(28)35)14-4-2-3-5-15(14)26/h2-6,9H,7-8,10-11H2,1H3,(H2,28,35)(H,30,31,32,33). The van der Waals surface area contributed by atoms with E-state index in [4.69, 9.17) is 26.8 Å². The monoisotopic (exact) mass is 522 g/mol. The lowest BCUT2D eigenvalue weighted by Crippen LogP contribution is -2.47. The van der Waals surface area contributed by atoms with Gasteiger partial charge >= 0.3 is 6.09 Å². The van der Waals surface area contributed by atoms with Crippen molar-refractivity contribution in [3.05, 3.63) is 58.6 Å². The Kier molecular flexibility index (Phi) is 6.22. The summed E-state index contributed by atoms with van der Waals surface area (Å²) in [5.41, 5.74) is 5.70. The number of piperidine rings is 1. The number of benzene rings is 1. The molecule has 0 radical (unpaired) electrons. The van der Waals surface area contributed by atoms with Crippen LogP contribution in [0.5, 0.6) is 5.88 Å². The maximum atomic E-state index is 14.6. The van der Waals surface area contributed by atoms with E-state index in [0.717, 1.165) is 0 Å². The van der Waals surface area contributed by atoms with Gasteiger partial charge in [0.2, 0.25) is 11.8 Å². The molecule has 4 heterocycles. The third-order valence-corrected chi connectivity index (χ3v) is 6.71. The highest BCUT2D eigenvalue weighted by Crippen LogP contribution is 2.40. The number of nitrogens with one attached hydrogen (secondary N) is 1. The van der Waals surface area contributed by atoms with Gasteiger partial charge in [0.25, 0.3) is 0 Å². The van der Waals surface area contributed by atoms with Crippen LogP contribution < -0.4 is 15.4 Å². The van der Waals surface area contributed by atoms with E-state index in [-0.39, 0.29) is 46.6 Å². The molecule has 188 valence electrons. The number of carbonyl (C=O) groups is 1. The Labute approximate surface area is 215 Å². The van der Waals surface area contributed by atoms with Gasteiger partial charge in [0.05, 0.1) is 18.2 Å². The quantitative estimate of drug-likeness (QED) is 0.399. The largest absolute Gasteiger partial charge is 0.480 e. The summed E-state index contributed by atoms with van der Waals surface area (Å²) in [4.78, 5) is 26.6. The zero-order valence-electron chi connectivity index (χ0n) is 19.5. The summed E-state index contributed by atoms with van der Waals surface area (Å²) in [6, 6.07) is 9.89. The van der Waals surface area contributed by atoms with Crippen molar-refractivity contribution in [1.29, 1.82) is 5.26 Å². The molecule has 5 rings (SSSR count). The molecule has 0 spiro atoms. The summed E-state index contributed by atoms with van der Waals surface area (Å²) in [6.07, 6.45) is 1.01. The number of pyridine rings is 1. The van der Waals surface area contributed by atoms with Crippen LogP contribution in [0.25, 0.3) is 22.3 Å². The Hall–Kier alpha value is -4.50. The molecule has 1 aromatic carbocycles. The van der Waals surface area contributed by atoms with E-state index in [2.05, 4.69) is 31.2 Å². The normalized spacial score (nSPS) is 14.8. The lowest BCUT2D eigenvalue weighted by Gasteiger charge is -2.41. The highest BCUT2D eigenvalue weighted by atomic mass is 35.5. The number of primary amides is 1. The number of nitrogens with two attached hydrogens (primary N) is 1. The molecule has 11 nitrogen and oxygen atoms in total. The maximum absolute atomic E-state index is 14.6. The van der Waals surface area contributed by atoms with Crippen molar-refractivity contribution in [2.75, 3.05) is 25.1 Å². The predicted molar refractivity (Wildman–Crippen MR) is 131 cm³/mol. The lowest BCUT2D eigenvalue weighted by atomic mass is 9.84. The van der Waals surface area contributed by atoms with E-state index in [1.165, 1.54) is 19.4 Å². The summed E-state index contributed by atoms with van der Waals surface area (Å²) in [5.74, 6) is 0.00148. The van der Waals surface area contributed by atoms with Crippen molar-refractivity contribution in [2.45, 2.75) is 18.4 Å². The molecule has 0 unspecified atom stereocenters. The number of nitrogens with zero attached hydrogens (tertiary/aromatic N) is 6. The molecule has 4 aromatic rings. The Balaban J connectivity index is 1.49. The molecule has 3 aromatic heterocycles. The SMILES string of the molecule is COc1nccc(-c2[nH]nc3nc(N4CCC(OC(N)=O)(c5ccccc5F)CC4)nc(C#N)c23)c1Cl. The van der Waals surface area contributed by atoms with E-state index in [1.54, 1.807) is 24.3 Å². The zero-order valence-corrected chi connectivity index (χ0v) is 20.3. The second kappa shape index (κ2) is 9.51. The molecule has 1 amide bonds. The van der Waals surface area contributed by atoms with Crippen LogP contribution in [0.3, 0.4) is 0 Å². The Morgan fingerprint density at radius 2 is 2.03 bits per heavy atom. The molecular weight excluding hydrogens is 503 g/mol. The topological polar surface area (TPSA) is 156 Å². The second-order valence-electron chi connectivity index (χ2n) is 8.35. The van der Waals surface area contributed by atoms with Gasteiger partial charge in [0.15, 0.2) is 11.3 Å². The molecule has 3 N–H and O–H groups in total. The number of hydrogen-bond acceptors (Lipinski definition) is 9. The van der Waals surface area contributed by atoms with Crippen molar-refractivity contribution >= 4 is 34.7 Å². The molecule has 0 aliphatic carbocycles. The zero-order chi connectivity index (χ0) is 26.2. The average molecular weight is 523 g/mol. The average Bonchev–Trinajstić information content (AvgIpc) is 3.32. The minimum Gasteiger partial charge on any atom is -0.480 e. The number of rotatable bonds is 5. The van der Waals surface area contributed by atoms with Gasteiger partial charge in [-0.2, -0.15) is 15.3 Å². The van der Waals surface area contributed by atoms with Crippen LogP contribution in [0.1, 0.15) is 24.1 Å². The maximum Gasteiger partial charge on any atom is 0.405 e. The van der Waals surface area contributed by atoms with Crippen LogP contribution in [0.15, 0.2) is 36.5 Å². The van der Waals surface area contributed by atoms with Crippen LogP contribution in [-0.2, 0) is 10.3 Å². The van der Waals surface area contributed by atoms with Gasteiger partial charge < -0.3 is 20.1 Å². The van der Waals surface area contributed by atoms with E-state index in [9.17, 15) is 14.4 Å². The number of nitriles is 1. The Morgan fingerprint density at radius 1 is 1.27 bits per heavy atom. The van der Waals surface area contributed by atoms with Crippen molar-refractivity contribution in [3.63, 3.8) is 0 Å². The second-order valence-corrected chi connectivity index (χ2v) is 8.72. The number of H-pyrrole nitrogens is 1. The number of fused-ring (bicyclic) bond motifs is 1. The van der Waals surface area contributed by atoms with Gasteiger partial charge in [-0.05, 0) is 12.1 Å². The van der Waals surface area contributed by atoms with Gasteiger partial charge in [-0.1, -0.05) is 29.8 Å². The molecule has 1 aliphatic rings. The molecular formula is C24H20ClFN8O3. The first-order valence-corrected chi connectivity index (χ1v) is 11.6. The molecule has 13 heteroatoms. The van der Waals surface area contributed by atoms with Crippen molar-refractivity contribution < 1.29 is 18.7 Å². The van der Waals surface area contributed by atoms with Crippen molar-refractivity contribution in [2.24, 2.45) is 5.73 Å². The molecule has 0 saturated carbocycles. The van der Waals surface area contributed by atoms with Gasteiger partial charge in [0.1, 0.15) is 22.5 Å². The molecule has 1 aliphatic heterocycles. The highest BCUT2D eigenvalue weighted by Gasteiger charge is 2.42. The summed E-state index contributed by atoms with van der Waals surface area (Å²) in [5, 5.41) is 17.7. The first-order chi connectivity index (χ1) is 17.9. The number of aromatic nitrogens is 5. The number of ether oxygens (including phenoxy) is 2. The molecule has 1 fully saturated rings. The predicted octanol–water partition coefficient (Wildman–Crippen LogP) is 3.68. The first-order valence-electron chi connectivity index (χ1n) is 11.2. The van der Waals surface area contributed by atoms with Gasteiger partial charge in [-0.25, -0.2) is 19.2 Å². The smallest absolute Gasteiger partial charge is 0.405 e. The number of anilines is 1. The minimum atomic E-state index is -1.23. The van der Waals surface area contributed by atoms with Crippen LogP contribution in [0.2, 0.25) is 5.02 Å². The molecule has 0 bridgehead atoms. The molecule has 1 saturated heterocycles. The first kappa shape index (κ1) is 24.2. The van der Waals surface area contributed by atoms with Gasteiger partial charge in [-0.3, -0.25) is 5.10 Å². The number of halogens is 2. The minimum absolute atomic E-state index is 0.0925. The summed E-state index contributed by atoms with van der Waals surface area (Å²) in [6.45, 7) is 0.616. The van der Waals surface area contributed by atoms with Crippen LogP contribution in [0.4, 0.5) is 15.1 Å². The third kappa shape index (κ3) is 4.23. The summed E-state index contributed by atoms with van der Waals surface area (Å²) in [7, 11) is 1.45. The van der Waals surface area contributed by atoms with Crippen molar-refractivity contribution in [3.8, 4) is 23.2 Å². The number of methoxy groups -OCH3 is 1. The number of amides is 1. The highest BCUT2D eigenvalue weighted by molar-refractivity contribution is 6.34. The van der Waals surface area contributed by atoms with Crippen LogP contribution >= 0.6 is 11.6 Å². The molecule has 37 heavy (non-hydrogen) atoms. The van der Waals surface area contributed by atoms with Crippen molar-refractivity contribution in [1.82, 2.24) is 25.1 Å². The lowest BCUT2D eigenvalue weighted by molar-refractivity contribution is -0.00934. The van der Waals surface area contributed by atoms with E-state index in [1.807, 2.05) is 4.90 Å². The number of hydrogen-bond donors (Lipinski definition) is 2. The van der Waals surface area contributed by atoms with Gasteiger partial charge in [0, 0.05) is 43.3 Å². The number of aromatic amines is 1. The van der Waals surface area contributed by atoms with E-state index >= 15 is 0 Å². The fraction of sp³-hybridized carbons (Fsp3) is 0.250. The Morgan fingerprint density at radius 3 is 2.70 bits per heavy atom.